The largest absolute Gasteiger partial charge is 0.383 e. The number of nitrogen functional groups attached to an aromatic ring is 1. The predicted octanol–water partition coefficient (Wildman–Crippen LogP) is -0.284. The summed E-state index contributed by atoms with van der Waals surface area (Å²) in [6.07, 6.45) is 1.67. The maximum atomic E-state index is 11.7. The van der Waals surface area contributed by atoms with Crippen molar-refractivity contribution in [3.63, 3.8) is 0 Å². The minimum absolute atomic E-state index is 0.442. The monoisotopic (exact) mass is 384 g/mol. The molecule has 0 aliphatic carbocycles. The van der Waals surface area contributed by atoms with E-state index in [0.29, 0.717) is 49.5 Å². The fourth-order valence-electron chi connectivity index (χ4n) is 3.50. The quantitative estimate of drug-likeness (QED) is 0.731. The molecule has 0 aromatic carbocycles. The lowest BCUT2D eigenvalue weighted by Gasteiger charge is -2.37. The van der Waals surface area contributed by atoms with E-state index in [9.17, 15) is 4.79 Å². The van der Waals surface area contributed by atoms with Crippen molar-refractivity contribution in [2.45, 2.75) is 0 Å². The van der Waals surface area contributed by atoms with E-state index in [1.165, 1.54) is 0 Å². The van der Waals surface area contributed by atoms with Gasteiger partial charge in [0.1, 0.15) is 17.5 Å². The highest BCUT2D eigenvalue weighted by Crippen LogP contribution is 2.23. The normalized spacial score (nSPS) is 17.6. The van der Waals surface area contributed by atoms with Crippen LogP contribution >= 0.6 is 0 Å². The van der Waals surface area contributed by atoms with Crippen LogP contribution in [0.2, 0.25) is 0 Å². The number of primary amides is 1. The summed E-state index contributed by atoms with van der Waals surface area (Å²) < 4.78 is 5.40. The molecule has 10 nitrogen and oxygen atoms in total. The van der Waals surface area contributed by atoms with Gasteiger partial charge in [0.15, 0.2) is 0 Å². The van der Waals surface area contributed by atoms with Crippen molar-refractivity contribution in [1.82, 2.24) is 15.0 Å². The number of morpholine rings is 1. The molecule has 2 aromatic rings. The Morgan fingerprint density at radius 1 is 1.00 bits per heavy atom. The molecule has 148 valence electrons. The number of piperazine rings is 1. The zero-order chi connectivity index (χ0) is 19.5. The van der Waals surface area contributed by atoms with Gasteiger partial charge < -0.3 is 30.9 Å². The maximum absolute atomic E-state index is 11.7. The standard InChI is InChI=1S/C18H24N8O2/c19-14-12-15(23-18(22-14)26-8-10-28-11-9-26)24-4-6-25(7-5-24)17-13(16(20)27)2-1-3-21-17/h1-3,12H,4-11H2,(H2,20,27)(H2,19,22,23). The van der Waals surface area contributed by atoms with Crippen LogP contribution in [0.25, 0.3) is 0 Å². The van der Waals surface area contributed by atoms with Crippen LogP contribution in [0.4, 0.5) is 23.4 Å². The second-order valence-corrected chi connectivity index (χ2v) is 6.76. The summed E-state index contributed by atoms with van der Waals surface area (Å²) in [6, 6.07) is 5.22. The number of amides is 1. The Bertz CT molecular complexity index is 847. The third kappa shape index (κ3) is 3.77. The van der Waals surface area contributed by atoms with E-state index in [4.69, 9.17) is 21.2 Å². The Kier molecular flexibility index (Phi) is 5.11. The van der Waals surface area contributed by atoms with Gasteiger partial charge in [0.2, 0.25) is 5.95 Å². The van der Waals surface area contributed by atoms with Gasteiger partial charge in [-0.2, -0.15) is 9.97 Å². The smallest absolute Gasteiger partial charge is 0.252 e. The number of aromatic nitrogens is 3. The lowest BCUT2D eigenvalue weighted by molar-refractivity contribution is 0.100. The van der Waals surface area contributed by atoms with E-state index in [2.05, 4.69) is 24.7 Å². The zero-order valence-corrected chi connectivity index (χ0v) is 15.6. The number of anilines is 4. The van der Waals surface area contributed by atoms with E-state index in [-0.39, 0.29) is 0 Å². The molecule has 1 amide bonds. The number of hydrogen-bond donors (Lipinski definition) is 2. The van der Waals surface area contributed by atoms with E-state index >= 15 is 0 Å². The van der Waals surface area contributed by atoms with Crippen molar-refractivity contribution in [3.8, 4) is 0 Å². The first-order valence-corrected chi connectivity index (χ1v) is 9.34. The number of ether oxygens (including phenoxy) is 1. The lowest BCUT2D eigenvalue weighted by Crippen LogP contribution is -2.48. The van der Waals surface area contributed by atoms with Crippen LogP contribution in [0.3, 0.4) is 0 Å². The van der Waals surface area contributed by atoms with Crippen molar-refractivity contribution < 1.29 is 9.53 Å². The first-order valence-electron chi connectivity index (χ1n) is 9.34. The molecule has 2 aromatic heterocycles. The van der Waals surface area contributed by atoms with E-state index in [0.717, 1.165) is 32.0 Å². The SMILES string of the molecule is NC(=O)c1cccnc1N1CCN(c2cc(N)nc(N3CCOCC3)n2)CC1. The van der Waals surface area contributed by atoms with Crippen LogP contribution in [-0.2, 0) is 4.74 Å². The van der Waals surface area contributed by atoms with E-state index in [1.807, 2.05) is 0 Å². The van der Waals surface area contributed by atoms with E-state index in [1.54, 1.807) is 24.4 Å². The number of nitrogens with two attached hydrogens (primary N) is 2. The molecule has 2 aliphatic heterocycles. The third-order valence-corrected chi connectivity index (χ3v) is 4.97. The van der Waals surface area contributed by atoms with Crippen molar-refractivity contribution in [2.75, 3.05) is 72.9 Å². The highest BCUT2D eigenvalue weighted by atomic mass is 16.5. The zero-order valence-electron chi connectivity index (χ0n) is 15.6. The molecule has 0 atom stereocenters. The predicted molar refractivity (Wildman–Crippen MR) is 107 cm³/mol. The summed E-state index contributed by atoms with van der Waals surface area (Å²) in [5, 5.41) is 0. The number of carbonyl (C=O) groups is 1. The van der Waals surface area contributed by atoms with Gasteiger partial charge in [-0.05, 0) is 12.1 Å². The number of pyridine rings is 1. The van der Waals surface area contributed by atoms with Crippen LogP contribution in [0, 0.1) is 0 Å². The summed E-state index contributed by atoms with van der Waals surface area (Å²) in [5.41, 5.74) is 12.0. The Morgan fingerprint density at radius 3 is 2.43 bits per heavy atom. The van der Waals surface area contributed by atoms with Gasteiger partial charge in [0.25, 0.3) is 5.91 Å². The summed E-state index contributed by atoms with van der Waals surface area (Å²) in [4.78, 5) is 31.5. The highest BCUT2D eigenvalue weighted by molar-refractivity contribution is 5.97. The molecule has 10 heteroatoms. The summed E-state index contributed by atoms with van der Waals surface area (Å²) >= 11 is 0. The Hall–Kier alpha value is -3.14. The highest BCUT2D eigenvalue weighted by Gasteiger charge is 2.24. The molecule has 0 unspecified atom stereocenters. The van der Waals surface area contributed by atoms with Crippen LogP contribution < -0.4 is 26.2 Å². The van der Waals surface area contributed by atoms with Crippen molar-refractivity contribution in [1.29, 1.82) is 0 Å². The second kappa shape index (κ2) is 7.85. The fourth-order valence-corrected chi connectivity index (χ4v) is 3.50. The fraction of sp³-hybridized carbons (Fsp3) is 0.444. The second-order valence-electron chi connectivity index (χ2n) is 6.76. The lowest BCUT2D eigenvalue weighted by atomic mass is 10.2. The average molecular weight is 384 g/mol. The first kappa shape index (κ1) is 18.2. The Labute approximate surface area is 163 Å². The van der Waals surface area contributed by atoms with Gasteiger partial charge in [0.05, 0.1) is 18.8 Å². The van der Waals surface area contributed by atoms with Crippen LogP contribution in [-0.4, -0.2) is 73.3 Å². The van der Waals surface area contributed by atoms with Crippen molar-refractivity contribution >= 4 is 29.3 Å². The molecule has 2 aliphatic rings. The molecule has 4 heterocycles. The number of hydrogen-bond acceptors (Lipinski definition) is 9. The Balaban J connectivity index is 1.48. The van der Waals surface area contributed by atoms with Crippen LogP contribution in [0.1, 0.15) is 10.4 Å². The Morgan fingerprint density at radius 2 is 1.71 bits per heavy atom. The number of rotatable bonds is 4. The number of nitrogens with zero attached hydrogens (tertiary/aromatic N) is 6. The summed E-state index contributed by atoms with van der Waals surface area (Å²) in [7, 11) is 0. The minimum atomic E-state index is -0.468. The molecule has 0 bridgehead atoms. The molecule has 4 N–H and O–H groups in total. The number of carbonyl (C=O) groups excluding carboxylic acids is 1. The molecular weight excluding hydrogens is 360 g/mol. The van der Waals surface area contributed by atoms with Gasteiger partial charge in [-0.1, -0.05) is 0 Å². The molecule has 28 heavy (non-hydrogen) atoms. The third-order valence-electron chi connectivity index (χ3n) is 4.97. The molecule has 2 saturated heterocycles. The molecule has 2 fully saturated rings. The average Bonchev–Trinajstić information content (AvgIpc) is 2.74. The van der Waals surface area contributed by atoms with Gasteiger partial charge in [0, 0.05) is 51.5 Å². The molecule has 4 rings (SSSR count). The van der Waals surface area contributed by atoms with Crippen molar-refractivity contribution in [3.05, 3.63) is 30.0 Å². The summed E-state index contributed by atoms with van der Waals surface area (Å²) in [5.74, 6) is 2.07. The molecular formula is C18H24N8O2. The van der Waals surface area contributed by atoms with Gasteiger partial charge in [-0.25, -0.2) is 4.98 Å². The first-order chi connectivity index (χ1) is 13.6. The molecule has 0 radical (unpaired) electrons. The van der Waals surface area contributed by atoms with Crippen molar-refractivity contribution in [2.24, 2.45) is 5.73 Å². The molecule has 0 saturated carbocycles. The van der Waals surface area contributed by atoms with Gasteiger partial charge >= 0.3 is 0 Å². The summed E-state index contributed by atoms with van der Waals surface area (Å²) in [6.45, 7) is 5.71. The van der Waals surface area contributed by atoms with Gasteiger partial charge in [-0.3, -0.25) is 4.79 Å². The molecule has 0 spiro atoms. The van der Waals surface area contributed by atoms with E-state index < -0.39 is 5.91 Å². The van der Waals surface area contributed by atoms with Gasteiger partial charge in [-0.15, -0.1) is 0 Å². The topological polar surface area (TPSA) is 127 Å². The minimum Gasteiger partial charge on any atom is -0.383 e. The van der Waals surface area contributed by atoms with Crippen LogP contribution in [0.15, 0.2) is 24.4 Å². The maximum Gasteiger partial charge on any atom is 0.252 e. The van der Waals surface area contributed by atoms with Crippen LogP contribution in [0.5, 0.6) is 0 Å².